The molecule has 1 aromatic carbocycles. The maximum atomic E-state index is 12.3. The van der Waals surface area contributed by atoms with Crippen LogP contribution < -0.4 is 10.7 Å². The summed E-state index contributed by atoms with van der Waals surface area (Å²) in [5.41, 5.74) is 1.57. The Balaban J connectivity index is 2.16. The largest absolute Gasteiger partial charge is 0.466 e. The van der Waals surface area contributed by atoms with Gasteiger partial charge in [-0.05, 0) is 18.2 Å². The number of fused-ring (bicyclic) bond motifs is 1. The predicted octanol–water partition coefficient (Wildman–Crippen LogP) is 0.526. The summed E-state index contributed by atoms with van der Waals surface area (Å²) in [6.07, 6.45) is 0. The second kappa shape index (κ2) is 6.44. The first-order valence-electron chi connectivity index (χ1n) is 7.32. The highest BCUT2D eigenvalue weighted by Gasteiger charge is 2.32. The molecule has 0 radical (unpaired) electrons. The van der Waals surface area contributed by atoms with Crippen LogP contribution in [-0.2, 0) is 30.8 Å². The second-order valence-electron chi connectivity index (χ2n) is 5.29. The molecular formula is C16H16N2O7. The molecule has 3 rings (SSSR count). The first-order chi connectivity index (χ1) is 12.0. The smallest absolute Gasteiger partial charge is 0.419 e. The third-order valence-electron chi connectivity index (χ3n) is 3.92. The Bertz CT molecular complexity index is 938. The summed E-state index contributed by atoms with van der Waals surface area (Å²) in [7, 11) is 4.01. The van der Waals surface area contributed by atoms with Crippen LogP contribution in [0.25, 0.3) is 11.1 Å². The van der Waals surface area contributed by atoms with Gasteiger partial charge in [-0.25, -0.2) is 14.4 Å². The molecule has 0 bridgehead atoms. The number of esters is 2. The zero-order valence-corrected chi connectivity index (χ0v) is 13.9. The topological polar surface area (TPSA) is 100 Å². The summed E-state index contributed by atoms with van der Waals surface area (Å²) in [4.78, 5) is 37.4. The van der Waals surface area contributed by atoms with Crippen molar-refractivity contribution in [1.29, 1.82) is 0 Å². The van der Waals surface area contributed by atoms with Crippen LogP contribution in [0.2, 0.25) is 0 Å². The maximum Gasteiger partial charge on any atom is 0.419 e. The third kappa shape index (κ3) is 2.78. The van der Waals surface area contributed by atoms with Crippen LogP contribution in [0, 0.1) is 0 Å². The maximum absolute atomic E-state index is 12.3. The molecule has 0 fully saturated rings. The summed E-state index contributed by atoms with van der Waals surface area (Å²) >= 11 is 0. The van der Waals surface area contributed by atoms with Crippen LogP contribution in [-0.4, -0.2) is 44.1 Å². The highest BCUT2D eigenvalue weighted by Crippen LogP contribution is 2.29. The monoisotopic (exact) mass is 348 g/mol. The molecule has 1 aromatic heterocycles. The molecule has 9 heteroatoms. The number of carbonyl (C=O) groups is 2. The molecule has 0 atom stereocenters. The number of nitrogens with zero attached hydrogens (tertiary/aromatic N) is 2. The van der Waals surface area contributed by atoms with E-state index in [1.165, 1.54) is 23.7 Å². The standard InChI is InChI=1S/C16H16N2O7/c1-17-11-6-9(4-5-12(11)25-16(17)21)18-8-24-7-10(14(19)22-2)13(18)15(20)23-3/h4-6H,7-8H2,1-3H3. The van der Waals surface area contributed by atoms with Crippen molar-refractivity contribution in [2.24, 2.45) is 7.05 Å². The van der Waals surface area contributed by atoms with Crippen molar-refractivity contribution in [3.8, 4) is 0 Å². The first-order valence-corrected chi connectivity index (χ1v) is 7.32. The Labute approximate surface area is 142 Å². The van der Waals surface area contributed by atoms with Gasteiger partial charge in [-0.3, -0.25) is 4.57 Å². The fourth-order valence-corrected chi connectivity index (χ4v) is 2.63. The van der Waals surface area contributed by atoms with E-state index < -0.39 is 17.7 Å². The van der Waals surface area contributed by atoms with Crippen molar-refractivity contribution in [2.45, 2.75) is 0 Å². The van der Waals surface area contributed by atoms with Gasteiger partial charge in [0.15, 0.2) is 5.58 Å². The normalized spacial score (nSPS) is 14.8. The van der Waals surface area contributed by atoms with Crippen LogP contribution >= 0.6 is 0 Å². The van der Waals surface area contributed by atoms with Gasteiger partial charge in [-0.2, -0.15) is 0 Å². The quantitative estimate of drug-likeness (QED) is 0.741. The van der Waals surface area contributed by atoms with Crippen LogP contribution in [0.5, 0.6) is 0 Å². The van der Waals surface area contributed by atoms with Crippen molar-refractivity contribution in [1.82, 2.24) is 4.57 Å². The fraction of sp³-hybridized carbons (Fsp3) is 0.312. The lowest BCUT2D eigenvalue weighted by molar-refractivity contribution is -0.140. The Morgan fingerprint density at radius 3 is 2.56 bits per heavy atom. The number of aryl methyl sites for hydroxylation is 1. The molecule has 0 saturated carbocycles. The van der Waals surface area contributed by atoms with Gasteiger partial charge in [0, 0.05) is 12.7 Å². The van der Waals surface area contributed by atoms with Crippen molar-refractivity contribution in [3.63, 3.8) is 0 Å². The zero-order valence-electron chi connectivity index (χ0n) is 13.9. The van der Waals surface area contributed by atoms with E-state index in [0.29, 0.717) is 16.8 Å². The number of anilines is 1. The molecule has 0 saturated heterocycles. The summed E-state index contributed by atoms with van der Waals surface area (Å²) < 4.78 is 21.4. The summed E-state index contributed by atoms with van der Waals surface area (Å²) in [6.45, 7) is -0.0394. The molecule has 0 unspecified atom stereocenters. The number of carbonyl (C=O) groups excluding carboxylic acids is 2. The van der Waals surface area contributed by atoms with Crippen LogP contribution in [0.15, 0.2) is 38.7 Å². The molecule has 0 amide bonds. The molecule has 0 spiro atoms. The summed E-state index contributed by atoms with van der Waals surface area (Å²) in [6, 6.07) is 4.91. The van der Waals surface area contributed by atoms with E-state index in [4.69, 9.17) is 18.6 Å². The highest BCUT2D eigenvalue weighted by atomic mass is 16.5. The Kier molecular flexibility index (Phi) is 4.32. The number of rotatable bonds is 3. The SMILES string of the molecule is COC(=O)C1=C(C(=O)OC)N(c2ccc3oc(=O)n(C)c3c2)COC1. The highest BCUT2D eigenvalue weighted by molar-refractivity contribution is 6.03. The van der Waals surface area contributed by atoms with Gasteiger partial charge in [0.05, 0.1) is 31.9 Å². The molecule has 0 N–H and O–H groups in total. The minimum atomic E-state index is -0.690. The van der Waals surface area contributed by atoms with E-state index in [9.17, 15) is 14.4 Å². The third-order valence-corrected chi connectivity index (χ3v) is 3.92. The minimum absolute atomic E-state index is 0.0300. The van der Waals surface area contributed by atoms with Gasteiger partial charge in [-0.1, -0.05) is 0 Å². The minimum Gasteiger partial charge on any atom is -0.466 e. The number of methoxy groups -OCH3 is 2. The number of benzene rings is 1. The van der Waals surface area contributed by atoms with Crippen molar-refractivity contribution >= 4 is 28.7 Å². The lowest BCUT2D eigenvalue weighted by atomic mass is 10.1. The van der Waals surface area contributed by atoms with E-state index in [0.717, 1.165) is 0 Å². The van der Waals surface area contributed by atoms with Crippen molar-refractivity contribution in [2.75, 3.05) is 32.5 Å². The lowest BCUT2D eigenvalue weighted by Gasteiger charge is -2.31. The number of hydrogen-bond acceptors (Lipinski definition) is 8. The first kappa shape index (κ1) is 16.8. The van der Waals surface area contributed by atoms with E-state index in [1.54, 1.807) is 25.2 Å². The molecule has 0 aliphatic carbocycles. The van der Waals surface area contributed by atoms with Gasteiger partial charge in [-0.15, -0.1) is 0 Å². The number of hydrogen-bond donors (Lipinski definition) is 0. The van der Waals surface area contributed by atoms with E-state index in [-0.39, 0.29) is 24.6 Å². The van der Waals surface area contributed by atoms with Crippen LogP contribution in [0.4, 0.5) is 5.69 Å². The molecular weight excluding hydrogens is 332 g/mol. The number of aromatic nitrogens is 1. The van der Waals surface area contributed by atoms with Crippen LogP contribution in [0.3, 0.4) is 0 Å². The summed E-state index contributed by atoms with van der Waals surface area (Å²) in [5.74, 6) is -1.87. The molecule has 2 heterocycles. The van der Waals surface area contributed by atoms with E-state index in [1.807, 2.05) is 0 Å². The Hall–Kier alpha value is -3.07. The Morgan fingerprint density at radius 2 is 1.88 bits per heavy atom. The van der Waals surface area contributed by atoms with Crippen molar-refractivity contribution in [3.05, 3.63) is 40.0 Å². The van der Waals surface area contributed by atoms with Gasteiger partial charge in [0.25, 0.3) is 0 Å². The average molecular weight is 348 g/mol. The lowest BCUT2D eigenvalue weighted by Crippen LogP contribution is -2.38. The number of ether oxygens (including phenoxy) is 3. The fourth-order valence-electron chi connectivity index (χ4n) is 2.63. The molecule has 2 aromatic rings. The number of oxazole rings is 1. The van der Waals surface area contributed by atoms with Crippen molar-refractivity contribution < 1.29 is 28.2 Å². The second-order valence-corrected chi connectivity index (χ2v) is 5.29. The van der Waals surface area contributed by atoms with Crippen LogP contribution in [0.1, 0.15) is 0 Å². The van der Waals surface area contributed by atoms with Gasteiger partial charge in [0.2, 0.25) is 0 Å². The Morgan fingerprint density at radius 1 is 1.16 bits per heavy atom. The molecule has 9 nitrogen and oxygen atoms in total. The van der Waals surface area contributed by atoms with E-state index >= 15 is 0 Å². The molecule has 132 valence electrons. The van der Waals surface area contributed by atoms with Gasteiger partial charge in [0.1, 0.15) is 12.4 Å². The summed E-state index contributed by atoms with van der Waals surface area (Å²) in [5, 5.41) is 0. The molecule has 1 aliphatic heterocycles. The molecule has 1 aliphatic rings. The van der Waals surface area contributed by atoms with E-state index in [2.05, 4.69) is 0 Å². The van der Waals surface area contributed by atoms with Gasteiger partial charge < -0.3 is 23.5 Å². The average Bonchev–Trinajstić information content (AvgIpc) is 2.93. The van der Waals surface area contributed by atoms with Gasteiger partial charge >= 0.3 is 17.7 Å². The zero-order chi connectivity index (χ0) is 18.1. The molecule has 25 heavy (non-hydrogen) atoms. The predicted molar refractivity (Wildman–Crippen MR) is 85.8 cm³/mol.